The Morgan fingerprint density at radius 1 is 0.794 bits per heavy atom. The zero-order valence-electron chi connectivity index (χ0n) is 18.0. The van der Waals surface area contributed by atoms with E-state index in [0.717, 1.165) is 27.2 Å². The highest BCUT2D eigenvalue weighted by molar-refractivity contribution is 6.04. The van der Waals surface area contributed by atoms with Gasteiger partial charge in [0.15, 0.2) is 0 Å². The molecule has 0 saturated heterocycles. The first kappa shape index (κ1) is 21.4. The average molecular weight is 453 g/mol. The van der Waals surface area contributed by atoms with Gasteiger partial charge in [-0.1, -0.05) is 60.7 Å². The molecule has 168 valence electrons. The highest BCUT2D eigenvalue weighted by Gasteiger charge is 2.31. The molecule has 5 nitrogen and oxygen atoms in total. The minimum absolute atomic E-state index is 0.0691. The highest BCUT2D eigenvalue weighted by atomic mass is 19.1. The van der Waals surface area contributed by atoms with Crippen LogP contribution < -0.4 is 4.90 Å². The number of rotatable bonds is 5. The van der Waals surface area contributed by atoms with Crippen molar-refractivity contribution < 1.29 is 23.8 Å². The van der Waals surface area contributed by atoms with Crippen LogP contribution in [0.1, 0.15) is 27.4 Å². The summed E-state index contributed by atoms with van der Waals surface area (Å²) in [6, 6.07) is 27.4. The molecule has 0 bridgehead atoms. The quantitative estimate of drug-likeness (QED) is 0.369. The number of benzene rings is 4. The first-order valence-corrected chi connectivity index (χ1v) is 10.8. The largest absolute Gasteiger partial charge is 0.478 e. The van der Waals surface area contributed by atoms with Gasteiger partial charge in [-0.3, -0.25) is 0 Å². The molecule has 1 aliphatic carbocycles. The molecule has 0 radical (unpaired) electrons. The second-order valence-electron chi connectivity index (χ2n) is 7.94. The van der Waals surface area contributed by atoms with E-state index in [4.69, 9.17) is 4.74 Å². The molecule has 0 fully saturated rings. The van der Waals surface area contributed by atoms with E-state index in [1.54, 1.807) is 12.1 Å². The number of carbonyl (C=O) groups excluding carboxylic acids is 1. The molecular formula is C28H20FNO4. The molecule has 34 heavy (non-hydrogen) atoms. The lowest BCUT2D eigenvalue weighted by atomic mass is 9.98. The van der Waals surface area contributed by atoms with Crippen molar-refractivity contribution in [3.63, 3.8) is 0 Å². The van der Waals surface area contributed by atoms with Crippen LogP contribution in [0.25, 0.3) is 11.1 Å². The zero-order chi connectivity index (χ0) is 23.7. The lowest BCUT2D eigenvalue weighted by Gasteiger charge is -2.25. The van der Waals surface area contributed by atoms with Gasteiger partial charge in [-0.15, -0.1) is 0 Å². The van der Waals surface area contributed by atoms with Crippen LogP contribution in [-0.4, -0.2) is 23.8 Å². The van der Waals surface area contributed by atoms with Crippen molar-refractivity contribution in [2.24, 2.45) is 0 Å². The standard InChI is InChI=1S/C28H20FNO4/c29-18-13-15-19(16-14-18)30(26-12-6-5-11-24(26)27(31)32)28(33)34-17-25-22-9-3-1-7-20(22)21-8-2-4-10-23(21)25/h1-16,25H,17H2,(H,31,32). The molecule has 0 atom stereocenters. The van der Waals surface area contributed by atoms with Crippen LogP contribution in [0.5, 0.6) is 0 Å². The van der Waals surface area contributed by atoms with Gasteiger partial charge in [-0.05, 0) is 58.7 Å². The summed E-state index contributed by atoms with van der Waals surface area (Å²) in [5.41, 5.74) is 4.70. The van der Waals surface area contributed by atoms with E-state index < -0.39 is 17.9 Å². The Kier molecular flexibility index (Phi) is 5.55. The van der Waals surface area contributed by atoms with Gasteiger partial charge >= 0.3 is 12.1 Å². The maximum atomic E-state index is 13.6. The highest BCUT2D eigenvalue weighted by Crippen LogP contribution is 2.44. The monoisotopic (exact) mass is 453 g/mol. The maximum Gasteiger partial charge on any atom is 0.418 e. The van der Waals surface area contributed by atoms with Crippen LogP contribution in [0.2, 0.25) is 0 Å². The molecule has 1 aliphatic rings. The average Bonchev–Trinajstić information content (AvgIpc) is 3.18. The van der Waals surface area contributed by atoms with E-state index in [0.29, 0.717) is 5.69 Å². The molecule has 1 N–H and O–H groups in total. The van der Waals surface area contributed by atoms with Gasteiger partial charge in [-0.25, -0.2) is 18.9 Å². The molecule has 0 unspecified atom stereocenters. The summed E-state index contributed by atoms with van der Waals surface area (Å²) in [6.07, 6.45) is -0.748. The van der Waals surface area contributed by atoms with Gasteiger partial charge in [-0.2, -0.15) is 0 Å². The van der Waals surface area contributed by atoms with Crippen molar-refractivity contribution in [2.45, 2.75) is 5.92 Å². The number of halogens is 1. The molecule has 0 saturated carbocycles. The molecule has 0 aromatic heterocycles. The lowest BCUT2D eigenvalue weighted by molar-refractivity contribution is 0.0697. The summed E-state index contributed by atoms with van der Waals surface area (Å²) in [6.45, 7) is 0.0692. The van der Waals surface area contributed by atoms with Crippen molar-refractivity contribution in [1.29, 1.82) is 0 Å². The van der Waals surface area contributed by atoms with Crippen LogP contribution in [0.3, 0.4) is 0 Å². The molecule has 1 amide bonds. The van der Waals surface area contributed by atoms with E-state index >= 15 is 0 Å². The summed E-state index contributed by atoms with van der Waals surface area (Å²) < 4.78 is 19.3. The fourth-order valence-corrected chi connectivity index (χ4v) is 4.44. The van der Waals surface area contributed by atoms with Crippen molar-refractivity contribution >= 4 is 23.4 Å². The van der Waals surface area contributed by atoms with Crippen molar-refractivity contribution in [1.82, 2.24) is 0 Å². The Labute approximate surface area is 195 Å². The van der Waals surface area contributed by atoms with Gasteiger partial charge in [0.25, 0.3) is 0 Å². The molecule has 5 rings (SSSR count). The number of amides is 1. The summed E-state index contributed by atoms with van der Waals surface area (Å²) in [5, 5.41) is 9.67. The molecule has 0 aliphatic heterocycles. The number of hydrogen-bond donors (Lipinski definition) is 1. The Balaban J connectivity index is 1.49. The topological polar surface area (TPSA) is 66.8 Å². The minimum Gasteiger partial charge on any atom is -0.478 e. The van der Waals surface area contributed by atoms with Gasteiger partial charge in [0.05, 0.1) is 16.9 Å². The predicted octanol–water partition coefficient (Wildman–Crippen LogP) is 6.61. The van der Waals surface area contributed by atoms with Crippen molar-refractivity contribution in [2.75, 3.05) is 11.5 Å². The molecule has 6 heteroatoms. The maximum absolute atomic E-state index is 13.6. The van der Waals surface area contributed by atoms with E-state index in [2.05, 4.69) is 0 Å². The lowest BCUT2D eigenvalue weighted by Crippen LogP contribution is -2.29. The Bertz CT molecular complexity index is 1340. The van der Waals surface area contributed by atoms with E-state index in [9.17, 15) is 19.1 Å². The summed E-state index contributed by atoms with van der Waals surface area (Å²) in [4.78, 5) is 26.4. The number of ether oxygens (including phenoxy) is 1. The van der Waals surface area contributed by atoms with E-state index in [1.165, 1.54) is 36.4 Å². The summed E-state index contributed by atoms with van der Waals surface area (Å²) >= 11 is 0. The predicted molar refractivity (Wildman–Crippen MR) is 127 cm³/mol. The molecule has 0 heterocycles. The van der Waals surface area contributed by atoms with Crippen molar-refractivity contribution in [3.8, 4) is 11.1 Å². The third kappa shape index (κ3) is 3.79. The Hall–Kier alpha value is -4.45. The first-order valence-electron chi connectivity index (χ1n) is 10.8. The normalized spacial score (nSPS) is 12.0. The third-order valence-electron chi connectivity index (χ3n) is 5.98. The number of fused-ring (bicyclic) bond motifs is 3. The van der Waals surface area contributed by atoms with Crippen molar-refractivity contribution in [3.05, 3.63) is 120 Å². The van der Waals surface area contributed by atoms with Crippen LogP contribution in [-0.2, 0) is 4.74 Å². The smallest absolute Gasteiger partial charge is 0.418 e. The Morgan fingerprint density at radius 3 is 1.97 bits per heavy atom. The molecule has 4 aromatic rings. The summed E-state index contributed by atoms with van der Waals surface area (Å²) in [7, 11) is 0. The van der Waals surface area contributed by atoms with Crippen LogP contribution in [0.15, 0.2) is 97.1 Å². The number of carboxylic acid groups (broad SMARTS) is 1. The first-order chi connectivity index (χ1) is 16.5. The number of para-hydroxylation sites is 1. The minimum atomic E-state index is -1.19. The van der Waals surface area contributed by atoms with E-state index in [1.807, 2.05) is 48.5 Å². The Morgan fingerprint density at radius 2 is 1.35 bits per heavy atom. The third-order valence-corrected chi connectivity index (χ3v) is 5.98. The van der Waals surface area contributed by atoms with E-state index in [-0.39, 0.29) is 23.8 Å². The fourth-order valence-electron chi connectivity index (χ4n) is 4.44. The van der Waals surface area contributed by atoms with Gasteiger partial charge in [0.2, 0.25) is 0 Å². The number of aromatic carboxylic acids is 1. The van der Waals surface area contributed by atoms with Gasteiger partial charge in [0, 0.05) is 5.92 Å². The van der Waals surface area contributed by atoms with Gasteiger partial charge in [0.1, 0.15) is 12.4 Å². The number of hydrogen-bond acceptors (Lipinski definition) is 3. The number of anilines is 2. The number of carbonyl (C=O) groups is 2. The second-order valence-corrected chi connectivity index (χ2v) is 7.94. The molecular weight excluding hydrogens is 433 g/mol. The fraction of sp³-hybridized carbons (Fsp3) is 0.0714. The summed E-state index contributed by atoms with van der Waals surface area (Å²) in [5.74, 6) is -1.81. The zero-order valence-corrected chi connectivity index (χ0v) is 18.0. The van der Waals surface area contributed by atoms with Crippen LogP contribution in [0.4, 0.5) is 20.6 Å². The van der Waals surface area contributed by atoms with Crippen LogP contribution >= 0.6 is 0 Å². The number of carboxylic acids is 1. The molecule has 0 spiro atoms. The molecule has 4 aromatic carbocycles. The van der Waals surface area contributed by atoms with Crippen LogP contribution in [0, 0.1) is 5.82 Å². The second kappa shape index (κ2) is 8.83. The van der Waals surface area contributed by atoms with Gasteiger partial charge < -0.3 is 9.84 Å². The SMILES string of the molecule is O=C(O)c1ccccc1N(C(=O)OCC1c2ccccc2-c2ccccc21)c1ccc(F)cc1. The number of nitrogens with zero attached hydrogens (tertiary/aromatic N) is 1.